The molecule has 1 amide bonds. The molecule has 0 fully saturated rings. The summed E-state index contributed by atoms with van der Waals surface area (Å²) in [7, 11) is 0. The van der Waals surface area contributed by atoms with Crippen LogP contribution in [0.5, 0.6) is 0 Å². The summed E-state index contributed by atoms with van der Waals surface area (Å²) in [6, 6.07) is 15.3. The fraction of sp³-hybridized carbons (Fsp3) is 0.158. The molecule has 0 saturated carbocycles. The molecule has 3 aromatic rings. The summed E-state index contributed by atoms with van der Waals surface area (Å²) >= 11 is 4.58. The Balaban J connectivity index is 1.66. The van der Waals surface area contributed by atoms with Gasteiger partial charge in [0.2, 0.25) is 11.1 Å². The highest BCUT2D eigenvalue weighted by atomic mass is 79.9. The molecule has 1 N–H and O–H groups in total. The maximum Gasteiger partial charge on any atom is 0.237 e. The third-order valence-electron chi connectivity index (χ3n) is 3.79. The summed E-state index contributed by atoms with van der Waals surface area (Å²) in [6.45, 7) is 0.236. The Morgan fingerprint density at radius 1 is 1.21 bits per heavy atom. The van der Waals surface area contributed by atoms with Gasteiger partial charge in [0.25, 0.3) is 0 Å². The Kier molecular flexibility index (Phi) is 6.79. The SMILES string of the molecule is N#CCCN(C(=O)CSc1n[nH]c(-c2ccc(Br)cc2)n1)c1ccc(F)cc1. The molecule has 9 heteroatoms. The van der Waals surface area contributed by atoms with E-state index in [1.165, 1.54) is 40.9 Å². The van der Waals surface area contributed by atoms with Crippen molar-refractivity contribution >= 4 is 39.3 Å². The summed E-state index contributed by atoms with van der Waals surface area (Å²) in [6.07, 6.45) is 0.183. The number of nitrogens with zero attached hydrogens (tertiary/aromatic N) is 4. The first-order valence-electron chi connectivity index (χ1n) is 8.31. The van der Waals surface area contributed by atoms with E-state index in [4.69, 9.17) is 5.26 Å². The van der Waals surface area contributed by atoms with Gasteiger partial charge >= 0.3 is 0 Å². The minimum Gasteiger partial charge on any atom is -0.311 e. The number of nitrogens with one attached hydrogen (secondary N) is 1. The number of halogens is 2. The number of benzene rings is 2. The van der Waals surface area contributed by atoms with Gasteiger partial charge in [0.05, 0.1) is 18.2 Å². The van der Waals surface area contributed by atoms with Crippen molar-refractivity contribution in [2.75, 3.05) is 17.2 Å². The highest BCUT2D eigenvalue weighted by Crippen LogP contribution is 2.22. The normalized spacial score (nSPS) is 10.5. The van der Waals surface area contributed by atoms with Gasteiger partial charge in [-0.25, -0.2) is 9.37 Å². The predicted octanol–water partition coefficient (Wildman–Crippen LogP) is 4.41. The van der Waals surface area contributed by atoms with Gasteiger partial charge in [-0.15, -0.1) is 5.10 Å². The third kappa shape index (κ3) is 5.18. The van der Waals surface area contributed by atoms with Crippen LogP contribution in [0.3, 0.4) is 0 Å². The molecule has 142 valence electrons. The van der Waals surface area contributed by atoms with Crippen LogP contribution >= 0.6 is 27.7 Å². The maximum atomic E-state index is 13.2. The van der Waals surface area contributed by atoms with Crippen LogP contribution in [0.15, 0.2) is 58.2 Å². The number of carbonyl (C=O) groups excluding carboxylic acids is 1. The molecule has 0 aliphatic heterocycles. The maximum absolute atomic E-state index is 13.2. The molecule has 0 aliphatic carbocycles. The van der Waals surface area contributed by atoms with Gasteiger partial charge in [-0.2, -0.15) is 5.26 Å². The molecule has 0 saturated heterocycles. The number of aromatic nitrogens is 3. The molecule has 0 radical (unpaired) electrons. The first-order chi connectivity index (χ1) is 13.6. The first-order valence-corrected chi connectivity index (χ1v) is 10.1. The number of aromatic amines is 1. The van der Waals surface area contributed by atoms with Crippen LogP contribution in [0.25, 0.3) is 11.4 Å². The van der Waals surface area contributed by atoms with Gasteiger partial charge in [-0.3, -0.25) is 9.89 Å². The summed E-state index contributed by atoms with van der Waals surface area (Å²) in [5, 5.41) is 16.3. The van der Waals surface area contributed by atoms with E-state index in [9.17, 15) is 9.18 Å². The van der Waals surface area contributed by atoms with E-state index in [0.29, 0.717) is 16.7 Å². The molecule has 0 aliphatic rings. The highest BCUT2D eigenvalue weighted by Gasteiger charge is 2.17. The van der Waals surface area contributed by atoms with Gasteiger partial charge in [0, 0.05) is 22.3 Å². The lowest BCUT2D eigenvalue weighted by Gasteiger charge is -2.21. The third-order valence-corrected chi connectivity index (χ3v) is 5.15. The van der Waals surface area contributed by atoms with E-state index in [1.54, 1.807) is 0 Å². The van der Waals surface area contributed by atoms with E-state index in [-0.39, 0.29) is 30.4 Å². The lowest BCUT2D eigenvalue weighted by atomic mass is 10.2. The number of nitriles is 1. The Hall–Kier alpha value is -2.70. The van der Waals surface area contributed by atoms with Crippen LogP contribution in [0, 0.1) is 17.1 Å². The van der Waals surface area contributed by atoms with Crippen LogP contribution in [0.1, 0.15) is 6.42 Å². The van der Waals surface area contributed by atoms with Crippen LogP contribution in [-0.4, -0.2) is 33.4 Å². The number of hydrogen-bond acceptors (Lipinski definition) is 5. The monoisotopic (exact) mass is 459 g/mol. The zero-order chi connectivity index (χ0) is 19.9. The molecule has 0 bridgehead atoms. The molecule has 6 nitrogen and oxygen atoms in total. The average Bonchev–Trinajstić information content (AvgIpc) is 3.17. The van der Waals surface area contributed by atoms with Crippen molar-refractivity contribution < 1.29 is 9.18 Å². The quantitative estimate of drug-likeness (QED) is 0.528. The number of rotatable bonds is 7. The minimum absolute atomic E-state index is 0.0977. The van der Waals surface area contributed by atoms with Crippen LogP contribution in [0.4, 0.5) is 10.1 Å². The topological polar surface area (TPSA) is 85.7 Å². The molecule has 1 aromatic heterocycles. The van der Waals surface area contributed by atoms with Crippen molar-refractivity contribution in [3.8, 4) is 17.5 Å². The zero-order valence-electron chi connectivity index (χ0n) is 14.6. The number of carbonyl (C=O) groups is 1. The average molecular weight is 460 g/mol. The fourth-order valence-corrected chi connectivity index (χ4v) is 3.37. The lowest BCUT2D eigenvalue weighted by Crippen LogP contribution is -2.33. The molecular weight excluding hydrogens is 445 g/mol. The Labute approximate surface area is 173 Å². The molecule has 28 heavy (non-hydrogen) atoms. The molecular formula is C19H15BrFN5OS. The van der Waals surface area contributed by atoms with Gasteiger partial charge in [-0.1, -0.05) is 39.8 Å². The molecule has 1 heterocycles. The van der Waals surface area contributed by atoms with Gasteiger partial charge in [0.1, 0.15) is 5.82 Å². The fourth-order valence-electron chi connectivity index (χ4n) is 2.43. The minimum atomic E-state index is -0.382. The second kappa shape index (κ2) is 9.48. The molecule has 0 atom stereocenters. The van der Waals surface area contributed by atoms with Crippen molar-refractivity contribution in [2.45, 2.75) is 11.6 Å². The first kappa shape index (κ1) is 20.0. The van der Waals surface area contributed by atoms with Gasteiger partial charge in [0.15, 0.2) is 5.82 Å². The second-order valence-corrected chi connectivity index (χ2v) is 7.55. The smallest absolute Gasteiger partial charge is 0.237 e. The van der Waals surface area contributed by atoms with Crippen LogP contribution in [-0.2, 0) is 4.79 Å². The number of amides is 1. The van der Waals surface area contributed by atoms with Crippen molar-refractivity contribution in [1.82, 2.24) is 15.2 Å². The Bertz CT molecular complexity index is 985. The molecule has 0 unspecified atom stereocenters. The zero-order valence-corrected chi connectivity index (χ0v) is 17.0. The van der Waals surface area contributed by atoms with Crippen molar-refractivity contribution in [1.29, 1.82) is 5.26 Å². The number of thioether (sulfide) groups is 1. The van der Waals surface area contributed by atoms with E-state index in [1.807, 2.05) is 30.3 Å². The van der Waals surface area contributed by atoms with Gasteiger partial charge in [-0.05, 0) is 36.4 Å². The number of anilines is 1. The number of hydrogen-bond donors (Lipinski definition) is 1. The summed E-state index contributed by atoms with van der Waals surface area (Å²) in [5.41, 5.74) is 1.43. The second-order valence-electron chi connectivity index (χ2n) is 5.69. The van der Waals surface area contributed by atoms with Crippen molar-refractivity contribution in [3.05, 3.63) is 58.8 Å². The van der Waals surface area contributed by atoms with Crippen LogP contribution < -0.4 is 4.90 Å². The summed E-state index contributed by atoms with van der Waals surface area (Å²) in [5.74, 6) is 0.122. The molecule has 2 aromatic carbocycles. The molecule has 0 spiro atoms. The van der Waals surface area contributed by atoms with E-state index in [2.05, 4.69) is 31.1 Å². The molecule has 3 rings (SSSR count). The number of H-pyrrole nitrogens is 1. The summed E-state index contributed by atoms with van der Waals surface area (Å²) in [4.78, 5) is 18.5. The van der Waals surface area contributed by atoms with Crippen molar-refractivity contribution in [3.63, 3.8) is 0 Å². The lowest BCUT2D eigenvalue weighted by molar-refractivity contribution is -0.116. The van der Waals surface area contributed by atoms with E-state index in [0.717, 1.165) is 10.0 Å². The standard InChI is InChI=1S/C19H15BrFN5OS/c20-14-4-2-13(3-5-14)18-23-19(25-24-18)28-12-17(27)26(11-1-10-22)16-8-6-15(21)7-9-16/h2-9H,1,11-12H2,(H,23,24,25). The van der Waals surface area contributed by atoms with E-state index >= 15 is 0 Å². The highest BCUT2D eigenvalue weighted by molar-refractivity contribution is 9.10. The largest absolute Gasteiger partial charge is 0.311 e. The summed E-state index contributed by atoms with van der Waals surface area (Å²) < 4.78 is 14.1. The van der Waals surface area contributed by atoms with E-state index < -0.39 is 0 Å². The van der Waals surface area contributed by atoms with Crippen LogP contribution in [0.2, 0.25) is 0 Å². The van der Waals surface area contributed by atoms with Gasteiger partial charge < -0.3 is 4.90 Å². The Morgan fingerprint density at radius 3 is 2.61 bits per heavy atom. The van der Waals surface area contributed by atoms with Crippen molar-refractivity contribution in [2.24, 2.45) is 0 Å². The Morgan fingerprint density at radius 2 is 1.93 bits per heavy atom. The predicted molar refractivity (Wildman–Crippen MR) is 109 cm³/mol.